The van der Waals surface area contributed by atoms with Crippen molar-refractivity contribution in [3.63, 3.8) is 0 Å². The molecule has 5 nitrogen and oxygen atoms in total. The summed E-state index contributed by atoms with van der Waals surface area (Å²) in [7, 11) is 0. The van der Waals surface area contributed by atoms with Crippen LogP contribution in [0.3, 0.4) is 0 Å². The second-order valence-corrected chi connectivity index (χ2v) is 6.13. The molecule has 1 atom stereocenters. The SMILES string of the molecule is CCCOCCN1C(=O)C(C2CC2)NC(=O)C1(CC)CC. The van der Waals surface area contributed by atoms with Crippen LogP contribution in [-0.4, -0.2) is 48.1 Å². The maximum absolute atomic E-state index is 12.8. The zero-order valence-corrected chi connectivity index (χ0v) is 13.5. The number of hydrogen-bond acceptors (Lipinski definition) is 3. The molecular weight excluding hydrogens is 268 g/mol. The molecule has 0 bridgehead atoms. The van der Waals surface area contributed by atoms with Crippen molar-refractivity contribution in [2.24, 2.45) is 5.92 Å². The van der Waals surface area contributed by atoms with E-state index in [1.807, 2.05) is 13.8 Å². The van der Waals surface area contributed by atoms with Gasteiger partial charge in [0.25, 0.3) is 0 Å². The molecule has 21 heavy (non-hydrogen) atoms. The smallest absolute Gasteiger partial charge is 0.246 e. The number of carbonyl (C=O) groups excluding carboxylic acids is 2. The first-order chi connectivity index (χ1) is 10.1. The Morgan fingerprint density at radius 3 is 2.38 bits per heavy atom. The Bertz CT molecular complexity index is 389. The molecule has 1 saturated heterocycles. The van der Waals surface area contributed by atoms with Crippen molar-refractivity contribution in [2.75, 3.05) is 19.8 Å². The van der Waals surface area contributed by atoms with Crippen LogP contribution in [0.2, 0.25) is 0 Å². The maximum atomic E-state index is 12.8. The minimum Gasteiger partial charge on any atom is -0.380 e. The van der Waals surface area contributed by atoms with Gasteiger partial charge in [0.1, 0.15) is 11.6 Å². The van der Waals surface area contributed by atoms with Gasteiger partial charge in [0, 0.05) is 13.2 Å². The second-order valence-electron chi connectivity index (χ2n) is 6.13. The highest BCUT2D eigenvalue weighted by Crippen LogP contribution is 2.38. The highest BCUT2D eigenvalue weighted by molar-refractivity contribution is 6.00. The van der Waals surface area contributed by atoms with Gasteiger partial charge in [-0.25, -0.2) is 0 Å². The summed E-state index contributed by atoms with van der Waals surface area (Å²) in [5, 5.41) is 2.98. The third-order valence-electron chi connectivity index (χ3n) is 4.83. The quantitative estimate of drug-likeness (QED) is 0.694. The van der Waals surface area contributed by atoms with Crippen LogP contribution < -0.4 is 5.32 Å². The lowest BCUT2D eigenvalue weighted by Crippen LogP contribution is -2.71. The number of nitrogens with zero attached hydrogens (tertiary/aromatic N) is 1. The molecule has 0 aromatic rings. The van der Waals surface area contributed by atoms with Crippen molar-refractivity contribution < 1.29 is 14.3 Å². The zero-order valence-electron chi connectivity index (χ0n) is 13.5. The minimum atomic E-state index is -0.696. The van der Waals surface area contributed by atoms with Crippen LogP contribution in [0.4, 0.5) is 0 Å². The molecule has 1 heterocycles. The van der Waals surface area contributed by atoms with Gasteiger partial charge in [0.05, 0.1) is 6.61 Å². The average Bonchev–Trinajstić information content (AvgIpc) is 3.31. The number of nitrogens with one attached hydrogen (secondary N) is 1. The molecule has 2 rings (SSSR count). The van der Waals surface area contributed by atoms with E-state index in [-0.39, 0.29) is 17.9 Å². The van der Waals surface area contributed by atoms with E-state index in [4.69, 9.17) is 4.74 Å². The van der Waals surface area contributed by atoms with E-state index in [2.05, 4.69) is 12.2 Å². The molecule has 2 amide bonds. The Morgan fingerprint density at radius 1 is 1.19 bits per heavy atom. The predicted molar refractivity (Wildman–Crippen MR) is 80.8 cm³/mol. The summed E-state index contributed by atoms with van der Waals surface area (Å²) in [5.74, 6) is 0.438. The second kappa shape index (κ2) is 6.77. The number of piperazine rings is 1. The molecule has 5 heteroatoms. The van der Waals surface area contributed by atoms with Crippen molar-refractivity contribution >= 4 is 11.8 Å². The fourth-order valence-corrected chi connectivity index (χ4v) is 3.27. The zero-order chi connectivity index (χ0) is 15.5. The third kappa shape index (κ3) is 3.07. The Balaban J connectivity index is 2.13. The molecule has 0 spiro atoms. The van der Waals surface area contributed by atoms with E-state index in [9.17, 15) is 9.59 Å². The number of amides is 2. The van der Waals surface area contributed by atoms with Crippen LogP contribution in [0.25, 0.3) is 0 Å². The summed E-state index contributed by atoms with van der Waals surface area (Å²) >= 11 is 0. The monoisotopic (exact) mass is 296 g/mol. The molecule has 1 N–H and O–H groups in total. The molecule has 0 aromatic carbocycles. The first kappa shape index (κ1) is 16.3. The van der Waals surface area contributed by atoms with Crippen molar-refractivity contribution in [1.29, 1.82) is 0 Å². The number of rotatable bonds is 8. The number of ether oxygens (including phenoxy) is 1. The molecule has 1 aliphatic carbocycles. The fourth-order valence-electron chi connectivity index (χ4n) is 3.27. The van der Waals surface area contributed by atoms with Crippen LogP contribution in [0.1, 0.15) is 52.9 Å². The molecule has 0 aromatic heterocycles. The maximum Gasteiger partial charge on any atom is 0.246 e. The highest BCUT2D eigenvalue weighted by Gasteiger charge is 2.53. The minimum absolute atomic E-state index is 0.0134. The molecule has 2 fully saturated rings. The lowest BCUT2D eigenvalue weighted by atomic mass is 9.85. The lowest BCUT2D eigenvalue weighted by molar-refractivity contribution is -0.160. The Labute approximate surface area is 127 Å². The predicted octanol–water partition coefficient (Wildman–Crippen LogP) is 1.71. The Kier molecular flexibility index (Phi) is 5.25. The van der Waals surface area contributed by atoms with E-state index in [0.29, 0.717) is 38.5 Å². The number of hydrogen-bond donors (Lipinski definition) is 1. The fraction of sp³-hybridized carbons (Fsp3) is 0.875. The van der Waals surface area contributed by atoms with E-state index in [1.165, 1.54) is 0 Å². The van der Waals surface area contributed by atoms with Crippen molar-refractivity contribution in [1.82, 2.24) is 10.2 Å². The Hall–Kier alpha value is -1.10. The molecule has 120 valence electrons. The average molecular weight is 296 g/mol. The van der Waals surface area contributed by atoms with E-state index < -0.39 is 5.54 Å². The van der Waals surface area contributed by atoms with Gasteiger partial charge >= 0.3 is 0 Å². The summed E-state index contributed by atoms with van der Waals surface area (Å²) in [5.41, 5.74) is -0.696. The molecule has 0 radical (unpaired) electrons. The van der Waals surface area contributed by atoms with Gasteiger partial charge in [-0.2, -0.15) is 0 Å². The summed E-state index contributed by atoms with van der Waals surface area (Å²) in [6.45, 7) is 7.74. The van der Waals surface area contributed by atoms with E-state index in [1.54, 1.807) is 4.90 Å². The van der Waals surface area contributed by atoms with Gasteiger partial charge in [-0.05, 0) is 38.0 Å². The summed E-state index contributed by atoms with van der Waals surface area (Å²) in [6.07, 6.45) is 4.34. The molecule has 2 aliphatic rings. The highest BCUT2D eigenvalue weighted by atomic mass is 16.5. The summed E-state index contributed by atoms with van der Waals surface area (Å²) in [4.78, 5) is 27.2. The molecular formula is C16H28N2O3. The third-order valence-corrected chi connectivity index (χ3v) is 4.83. The van der Waals surface area contributed by atoms with Crippen molar-refractivity contribution in [2.45, 2.75) is 64.5 Å². The first-order valence-corrected chi connectivity index (χ1v) is 8.30. The largest absolute Gasteiger partial charge is 0.380 e. The van der Waals surface area contributed by atoms with Crippen LogP contribution in [-0.2, 0) is 14.3 Å². The van der Waals surface area contributed by atoms with Crippen molar-refractivity contribution in [3.8, 4) is 0 Å². The van der Waals surface area contributed by atoms with Gasteiger partial charge < -0.3 is 15.0 Å². The van der Waals surface area contributed by atoms with Gasteiger partial charge in [0.15, 0.2) is 0 Å². The van der Waals surface area contributed by atoms with Crippen LogP contribution in [0.5, 0.6) is 0 Å². The first-order valence-electron chi connectivity index (χ1n) is 8.30. The van der Waals surface area contributed by atoms with Crippen LogP contribution in [0, 0.1) is 5.92 Å². The molecule has 1 unspecified atom stereocenters. The number of carbonyl (C=O) groups is 2. The van der Waals surface area contributed by atoms with Crippen molar-refractivity contribution in [3.05, 3.63) is 0 Å². The summed E-state index contributed by atoms with van der Waals surface area (Å²) < 4.78 is 5.54. The summed E-state index contributed by atoms with van der Waals surface area (Å²) in [6, 6.07) is -0.310. The van der Waals surface area contributed by atoms with E-state index in [0.717, 1.165) is 19.3 Å². The van der Waals surface area contributed by atoms with Crippen LogP contribution >= 0.6 is 0 Å². The Morgan fingerprint density at radius 2 is 1.86 bits per heavy atom. The van der Waals surface area contributed by atoms with Gasteiger partial charge in [-0.3, -0.25) is 9.59 Å². The lowest BCUT2D eigenvalue weighted by Gasteiger charge is -2.47. The van der Waals surface area contributed by atoms with Crippen LogP contribution in [0.15, 0.2) is 0 Å². The van der Waals surface area contributed by atoms with Gasteiger partial charge in [-0.15, -0.1) is 0 Å². The van der Waals surface area contributed by atoms with E-state index >= 15 is 0 Å². The normalized spacial score (nSPS) is 25.1. The molecule has 1 saturated carbocycles. The molecule has 1 aliphatic heterocycles. The van der Waals surface area contributed by atoms with Gasteiger partial charge in [0.2, 0.25) is 11.8 Å². The topological polar surface area (TPSA) is 58.6 Å². The standard InChI is InChI=1S/C16H28N2O3/c1-4-10-21-11-9-18-14(19)13(12-7-8-12)17-15(20)16(18,5-2)6-3/h12-13H,4-11H2,1-3H3,(H,17,20). The van der Waals surface area contributed by atoms with Gasteiger partial charge in [-0.1, -0.05) is 20.8 Å².